The number of ketones is 1. The van der Waals surface area contributed by atoms with Crippen molar-refractivity contribution >= 4 is 57.4 Å². The van der Waals surface area contributed by atoms with E-state index in [1.807, 2.05) is 42.5 Å². The second-order valence-corrected chi connectivity index (χ2v) is 6.19. The molecule has 23 heavy (non-hydrogen) atoms. The largest absolute Gasteiger partial charge is 0.289 e. The van der Waals surface area contributed by atoms with Gasteiger partial charge in [-0.3, -0.25) is 4.79 Å². The summed E-state index contributed by atoms with van der Waals surface area (Å²) < 4.78 is 0. The molecule has 4 heteroatoms. The van der Waals surface area contributed by atoms with Crippen LogP contribution in [0.4, 0.5) is 0 Å². The molecule has 0 radical (unpaired) electrons. The minimum Gasteiger partial charge on any atom is -0.289 e. The second kappa shape index (κ2) is 6.76. The summed E-state index contributed by atoms with van der Waals surface area (Å²) in [6.07, 6.45) is 3.24. The van der Waals surface area contributed by atoms with Crippen molar-refractivity contribution in [2.75, 3.05) is 0 Å². The molecule has 0 aliphatic heterocycles. The summed E-state index contributed by atoms with van der Waals surface area (Å²) in [6.45, 7) is 0. The first-order valence-electron chi connectivity index (χ1n) is 6.91. The average molecular weight is 362 g/mol. The Morgan fingerprint density at radius 2 is 1.57 bits per heavy atom. The normalized spacial score (nSPS) is 11.3. The van der Waals surface area contributed by atoms with Gasteiger partial charge in [0.05, 0.1) is 15.1 Å². The van der Waals surface area contributed by atoms with E-state index in [0.29, 0.717) is 10.6 Å². The molecule has 0 aliphatic carbocycles. The van der Waals surface area contributed by atoms with Gasteiger partial charge in [0.1, 0.15) is 0 Å². The lowest BCUT2D eigenvalue weighted by molar-refractivity contribution is 0.104. The Balaban J connectivity index is 1.89. The van der Waals surface area contributed by atoms with Crippen LogP contribution in [0.2, 0.25) is 15.1 Å². The number of carbonyl (C=O) groups is 1. The maximum atomic E-state index is 12.3. The van der Waals surface area contributed by atoms with Crippen LogP contribution in [-0.4, -0.2) is 5.78 Å². The molecule has 114 valence electrons. The molecule has 0 aromatic heterocycles. The van der Waals surface area contributed by atoms with Gasteiger partial charge in [-0.15, -0.1) is 0 Å². The van der Waals surface area contributed by atoms with E-state index in [2.05, 4.69) is 0 Å². The van der Waals surface area contributed by atoms with Gasteiger partial charge in [0, 0.05) is 5.56 Å². The summed E-state index contributed by atoms with van der Waals surface area (Å²) in [6, 6.07) is 17.2. The average Bonchev–Trinajstić information content (AvgIpc) is 2.57. The van der Waals surface area contributed by atoms with E-state index in [0.717, 1.165) is 16.3 Å². The molecule has 0 amide bonds. The van der Waals surface area contributed by atoms with Gasteiger partial charge in [0.15, 0.2) is 5.78 Å². The molecular formula is C19H11Cl3O. The first-order chi connectivity index (χ1) is 11.1. The molecule has 3 rings (SSSR count). The van der Waals surface area contributed by atoms with Crippen LogP contribution in [0.5, 0.6) is 0 Å². The Kier molecular flexibility index (Phi) is 4.72. The van der Waals surface area contributed by atoms with E-state index in [4.69, 9.17) is 34.8 Å². The minimum atomic E-state index is -0.221. The van der Waals surface area contributed by atoms with Crippen molar-refractivity contribution in [1.82, 2.24) is 0 Å². The van der Waals surface area contributed by atoms with Crippen molar-refractivity contribution in [1.29, 1.82) is 0 Å². The third-order valence-electron chi connectivity index (χ3n) is 3.50. The van der Waals surface area contributed by atoms with Crippen molar-refractivity contribution in [2.45, 2.75) is 0 Å². The number of allylic oxidation sites excluding steroid dienone is 1. The fraction of sp³-hybridized carbons (Fsp3) is 0. The maximum absolute atomic E-state index is 12.3. The SMILES string of the molecule is O=C(/C=C/c1ccc2ccccc2c1)c1ccc(Cl)c(Cl)c1Cl. The monoisotopic (exact) mass is 360 g/mol. The lowest BCUT2D eigenvalue weighted by Gasteiger charge is -2.04. The van der Waals surface area contributed by atoms with Crippen LogP contribution in [0.25, 0.3) is 16.8 Å². The topological polar surface area (TPSA) is 17.1 Å². The molecule has 0 bridgehead atoms. The van der Waals surface area contributed by atoms with Crippen molar-refractivity contribution in [2.24, 2.45) is 0 Å². The fourth-order valence-corrected chi connectivity index (χ4v) is 2.92. The van der Waals surface area contributed by atoms with Gasteiger partial charge in [-0.05, 0) is 40.6 Å². The smallest absolute Gasteiger partial charge is 0.187 e. The van der Waals surface area contributed by atoms with Crippen LogP contribution in [-0.2, 0) is 0 Å². The first kappa shape index (κ1) is 16.1. The molecule has 3 aromatic carbocycles. The molecular weight excluding hydrogens is 351 g/mol. The predicted molar refractivity (Wildman–Crippen MR) is 98.8 cm³/mol. The quantitative estimate of drug-likeness (QED) is 0.288. The van der Waals surface area contributed by atoms with Crippen LogP contribution in [0.1, 0.15) is 15.9 Å². The van der Waals surface area contributed by atoms with Crippen molar-refractivity contribution < 1.29 is 4.79 Å². The van der Waals surface area contributed by atoms with Gasteiger partial charge in [-0.2, -0.15) is 0 Å². The number of hydrogen-bond acceptors (Lipinski definition) is 1. The van der Waals surface area contributed by atoms with Gasteiger partial charge in [-0.1, -0.05) is 77.3 Å². The molecule has 0 unspecified atom stereocenters. The van der Waals surface area contributed by atoms with Crippen molar-refractivity contribution in [3.8, 4) is 0 Å². The highest BCUT2D eigenvalue weighted by molar-refractivity contribution is 6.49. The Morgan fingerprint density at radius 3 is 2.35 bits per heavy atom. The first-order valence-corrected chi connectivity index (χ1v) is 8.04. The van der Waals surface area contributed by atoms with Gasteiger partial charge in [0.25, 0.3) is 0 Å². The van der Waals surface area contributed by atoms with Crippen LogP contribution >= 0.6 is 34.8 Å². The minimum absolute atomic E-state index is 0.173. The molecule has 3 aromatic rings. The van der Waals surface area contributed by atoms with Crippen LogP contribution in [0, 0.1) is 0 Å². The van der Waals surface area contributed by atoms with E-state index in [-0.39, 0.29) is 15.8 Å². The number of rotatable bonds is 3. The lowest BCUT2D eigenvalue weighted by Crippen LogP contribution is -1.96. The highest BCUT2D eigenvalue weighted by Crippen LogP contribution is 2.33. The summed E-state index contributed by atoms with van der Waals surface area (Å²) in [5.74, 6) is -0.221. The Bertz CT molecular complexity index is 929. The Hall–Kier alpha value is -1.80. The highest BCUT2D eigenvalue weighted by Gasteiger charge is 2.13. The third-order valence-corrected chi connectivity index (χ3v) is 4.79. The number of halogens is 3. The molecule has 0 fully saturated rings. The molecule has 0 saturated carbocycles. The standard InChI is InChI=1S/C19H11Cl3O/c20-16-9-8-15(18(21)19(16)22)17(23)10-6-12-5-7-13-3-1-2-4-14(13)11-12/h1-11H/b10-6+. The Morgan fingerprint density at radius 1 is 0.826 bits per heavy atom. The van der Waals surface area contributed by atoms with Gasteiger partial charge < -0.3 is 0 Å². The van der Waals surface area contributed by atoms with Crippen molar-refractivity contribution in [3.05, 3.63) is 86.9 Å². The van der Waals surface area contributed by atoms with Gasteiger partial charge in [-0.25, -0.2) is 0 Å². The van der Waals surface area contributed by atoms with Crippen molar-refractivity contribution in [3.63, 3.8) is 0 Å². The van der Waals surface area contributed by atoms with Gasteiger partial charge in [0.2, 0.25) is 0 Å². The number of benzene rings is 3. The number of hydrogen-bond donors (Lipinski definition) is 0. The lowest BCUT2D eigenvalue weighted by atomic mass is 10.1. The maximum Gasteiger partial charge on any atom is 0.187 e. The zero-order valence-electron chi connectivity index (χ0n) is 11.9. The molecule has 0 aliphatic rings. The molecule has 0 saturated heterocycles. The van der Waals surface area contributed by atoms with Gasteiger partial charge >= 0.3 is 0 Å². The molecule has 0 N–H and O–H groups in total. The molecule has 1 nitrogen and oxygen atoms in total. The van der Waals surface area contributed by atoms with E-state index < -0.39 is 0 Å². The third kappa shape index (κ3) is 3.42. The summed E-state index contributed by atoms with van der Waals surface area (Å²) >= 11 is 17.9. The number of fused-ring (bicyclic) bond motifs is 1. The summed E-state index contributed by atoms with van der Waals surface area (Å²) in [7, 11) is 0. The highest BCUT2D eigenvalue weighted by atomic mass is 35.5. The Labute approximate surface area is 149 Å². The van der Waals surface area contributed by atoms with E-state index >= 15 is 0 Å². The predicted octanol–water partition coefficient (Wildman–Crippen LogP) is 6.70. The fourth-order valence-electron chi connectivity index (χ4n) is 2.29. The zero-order valence-corrected chi connectivity index (χ0v) is 14.2. The van der Waals surface area contributed by atoms with E-state index in [1.54, 1.807) is 18.2 Å². The van der Waals surface area contributed by atoms with Crippen LogP contribution in [0.15, 0.2) is 60.7 Å². The zero-order chi connectivity index (χ0) is 16.4. The summed E-state index contributed by atoms with van der Waals surface area (Å²) in [4.78, 5) is 12.3. The molecule has 0 heterocycles. The number of carbonyl (C=O) groups excluding carboxylic acids is 1. The van der Waals surface area contributed by atoms with Crippen LogP contribution < -0.4 is 0 Å². The molecule has 0 spiro atoms. The van der Waals surface area contributed by atoms with E-state index in [9.17, 15) is 4.79 Å². The second-order valence-electron chi connectivity index (χ2n) is 5.03. The summed E-state index contributed by atoms with van der Waals surface area (Å²) in [5, 5.41) is 2.97. The molecule has 0 atom stereocenters. The van der Waals surface area contributed by atoms with E-state index in [1.165, 1.54) is 6.08 Å². The summed E-state index contributed by atoms with van der Waals surface area (Å²) in [5.41, 5.74) is 1.27. The van der Waals surface area contributed by atoms with Crippen LogP contribution in [0.3, 0.4) is 0 Å².